The standard InChI is InChI=1S/C32H28N2O/c1-21-17-19-24(20-18-21)30-29(27-15-9-10-16-28(27)33(30)3)31-25-13-7-8-14-26(25)32(35)34(31)22(2)23-11-5-4-6-12-23/h4-20,22,31H,1-3H3/t22-,31+/m1/s1. The van der Waals surface area contributed by atoms with Gasteiger partial charge in [-0.25, -0.2) is 0 Å². The van der Waals surface area contributed by atoms with Crippen LogP contribution in [0.5, 0.6) is 0 Å². The summed E-state index contributed by atoms with van der Waals surface area (Å²) in [7, 11) is 2.13. The third kappa shape index (κ3) is 3.30. The minimum Gasteiger partial charge on any atom is -0.343 e. The normalized spacial score (nSPS) is 16.0. The first kappa shape index (κ1) is 21.4. The molecule has 0 aliphatic carbocycles. The third-order valence-electron chi connectivity index (χ3n) is 7.44. The molecule has 0 unspecified atom stereocenters. The molecule has 1 aliphatic rings. The van der Waals surface area contributed by atoms with Crippen LogP contribution in [0, 0.1) is 6.92 Å². The monoisotopic (exact) mass is 456 g/mol. The lowest BCUT2D eigenvalue weighted by molar-refractivity contribution is 0.0678. The predicted molar refractivity (Wildman–Crippen MR) is 142 cm³/mol. The van der Waals surface area contributed by atoms with Crippen LogP contribution in [0.4, 0.5) is 0 Å². The number of aryl methyl sites for hydroxylation is 2. The topological polar surface area (TPSA) is 25.2 Å². The van der Waals surface area contributed by atoms with Crippen molar-refractivity contribution in [1.29, 1.82) is 0 Å². The van der Waals surface area contributed by atoms with Gasteiger partial charge in [0.2, 0.25) is 0 Å². The zero-order valence-corrected chi connectivity index (χ0v) is 20.3. The van der Waals surface area contributed by atoms with Crippen molar-refractivity contribution in [1.82, 2.24) is 9.47 Å². The van der Waals surface area contributed by atoms with E-state index in [4.69, 9.17) is 0 Å². The average Bonchev–Trinajstić information content (AvgIpc) is 3.35. The van der Waals surface area contributed by atoms with Crippen LogP contribution in [0.3, 0.4) is 0 Å². The van der Waals surface area contributed by atoms with E-state index in [0.29, 0.717) is 0 Å². The van der Waals surface area contributed by atoms with Crippen molar-refractivity contribution in [2.45, 2.75) is 25.9 Å². The number of amides is 1. The van der Waals surface area contributed by atoms with Gasteiger partial charge < -0.3 is 9.47 Å². The second-order valence-corrected chi connectivity index (χ2v) is 9.49. The van der Waals surface area contributed by atoms with E-state index in [2.05, 4.69) is 97.1 Å². The van der Waals surface area contributed by atoms with E-state index in [9.17, 15) is 4.79 Å². The van der Waals surface area contributed by atoms with Crippen LogP contribution in [-0.4, -0.2) is 15.4 Å². The number of fused-ring (bicyclic) bond motifs is 2. The zero-order valence-electron chi connectivity index (χ0n) is 20.3. The number of para-hydroxylation sites is 1. The van der Waals surface area contributed by atoms with Gasteiger partial charge in [-0.2, -0.15) is 0 Å². The molecule has 1 amide bonds. The van der Waals surface area contributed by atoms with Gasteiger partial charge in [0, 0.05) is 29.1 Å². The summed E-state index contributed by atoms with van der Waals surface area (Å²) in [6.07, 6.45) is 0. The molecule has 2 heterocycles. The highest BCUT2D eigenvalue weighted by molar-refractivity contribution is 6.02. The summed E-state index contributed by atoms with van der Waals surface area (Å²) in [5, 5.41) is 1.19. The quantitative estimate of drug-likeness (QED) is 0.275. The highest BCUT2D eigenvalue weighted by atomic mass is 16.2. The van der Waals surface area contributed by atoms with Crippen molar-refractivity contribution in [3.63, 3.8) is 0 Å². The summed E-state index contributed by atoms with van der Waals surface area (Å²) < 4.78 is 2.28. The molecule has 0 bridgehead atoms. The summed E-state index contributed by atoms with van der Waals surface area (Å²) in [6.45, 7) is 4.25. The van der Waals surface area contributed by atoms with E-state index in [1.165, 1.54) is 22.0 Å². The number of benzene rings is 4. The molecule has 4 aromatic carbocycles. The molecule has 1 aromatic heterocycles. The number of aromatic nitrogens is 1. The maximum Gasteiger partial charge on any atom is 0.255 e. The average molecular weight is 457 g/mol. The van der Waals surface area contributed by atoms with Crippen molar-refractivity contribution in [2.75, 3.05) is 0 Å². The fourth-order valence-electron chi connectivity index (χ4n) is 5.68. The van der Waals surface area contributed by atoms with Crippen LogP contribution in [0.25, 0.3) is 22.2 Å². The SMILES string of the molecule is Cc1ccc(-c2c([C@@H]3c4ccccc4C(=O)N3[C@H](C)c3ccccc3)c3ccccc3n2C)cc1. The molecule has 1 aliphatic heterocycles. The van der Waals surface area contributed by atoms with Crippen LogP contribution in [-0.2, 0) is 7.05 Å². The molecule has 2 atom stereocenters. The summed E-state index contributed by atoms with van der Waals surface area (Å²) in [6, 6.07) is 35.4. The summed E-state index contributed by atoms with van der Waals surface area (Å²) in [5.74, 6) is 0.0877. The van der Waals surface area contributed by atoms with Crippen LogP contribution < -0.4 is 0 Å². The molecule has 3 heteroatoms. The number of nitrogens with zero attached hydrogens (tertiary/aromatic N) is 2. The Morgan fingerprint density at radius 2 is 1.43 bits per heavy atom. The second kappa shape index (κ2) is 8.28. The smallest absolute Gasteiger partial charge is 0.255 e. The van der Waals surface area contributed by atoms with Gasteiger partial charge in [-0.05, 0) is 42.7 Å². The maximum absolute atomic E-state index is 13.9. The van der Waals surface area contributed by atoms with Crippen LogP contribution in [0.15, 0.2) is 103 Å². The van der Waals surface area contributed by atoms with E-state index < -0.39 is 0 Å². The minimum absolute atomic E-state index is 0.0778. The number of rotatable bonds is 4. The molecule has 0 radical (unpaired) electrons. The fourth-order valence-corrected chi connectivity index (χ4v) is 5.68. The molecule has 35 heavy (non-hydrogen) atoms. The molecule has 0 spiro atoms. The molecule has 5 aromatic rings. The number of carbonyl (C=O) groups is 1. The van der Waals surface area contributed by atoms with E-state index in [1.54, 1.807) is 0 Å². The molecule has 0 fully saturated rings. The largest absolute Gasteiger partial charge is 0.343 e. The number of hydrogen-bond donors (Lipinski definition) is 0. The molecule has 0 saturated heterocycles. The Labute approximate surface area is 206 Å². The minimum atomic E-state index is -0.184. The highest BCUT2D eigenvalue weighted by Crippen LogP contribution is 2.49. The predicted octanol–water partition coefficient (Wildman–Crippen LogP) is 7.46. The molecule has 172 valence electrons. The Bertz CT molecular complexity index is 1550. The van der Waals surface area contributed by atoms with Gasteiger partial charge >= 0.3 is 0 Å². The van der Waals surface area contributed by atoms with Gasteiger partial charge in [-0.15, -0.1) is 0 Å². The van der Waals surface area contributed by atoms with E-state index in [-0.39, 0.29) is 18.0 Å². The molecular weight excluding hydrogens is 428 g/mol. The Morgan fingerprint density at radius 1 is 0.771 bits per heavy atom. The van der Waals surface area contributed by atoms with Crippen LogP contribution in [0.1, 0.15) is 51.6 Å². The molecule has 6 rings (SSSR count). The first-order valence-electron chi connectivity index (χ1n) is 12.2. The van der Waals surface area contributed by atoms with Gasteiger partial charge in [0.1, 0.15) is 0 Å². The van der Waals surface area contributed by atoms with Crippen molar-refractivity contribution < 1.29 is 4.79 Å². The summed E-state index contributed by atoms with van der Waals surface area (Å²) >= 11 is 0. The van der Waals surface area contributed by atoms with E-state index >= 15 is 0 Å². The molecule has 3 nitrogen and oxygen atoms in total. The molecule has 0 saturated carbocycles. The zero-order chi connectivity index (χ0) is 24.1. The van der Waals surface area contributed by atoms with Crippen molar-refractivity contribution >= 4 is 16.8 Å². The van der Waals surface area contributed by atoms with Gasteiger partial charge in [0.05, 0.1) is 17.8 Å². The Morgan fingerprint density at radius 3 is 2.20 bits per heavy atom. The summed E-state index contributed by atoms with van der Waals surface area (Å²) in [4.78, 5) is 16.0. The lowest BCUT2D eigenvalue weighted by Gasteiger charge is -2.32. The first-order valence-corrected chi connectivity index (χ1v) is 12.2. The van der Waals surface area contributed by atoms with Crippen molar-refractivity contribution in [2.24, 2.45) is 7.05 Å². The third-order valence-corrected chi connectivity index (χ3v) is 7.44. The van der Waals surface area contributed by atoms with E-state index in [1.807, 2.05) is 36.4 Å². The Kier molecular flexibility index (Phi) is 5.07. The second-order valence-electron chi connectivity index (χ2n) is 9.49. The van der Waals surface area contributed by atoms with Crippen molar-refractivity contribution in [3.05, 3.63) is 131 Å². The number of hydrogen-bond acceptors (Lipinski definition) is 1. The number of carbonyl (C=O) groups excluding carboxylic acids is 1. The Hall–Kier alpha value is -4.11. The van der Waals surface area contributed by atoms with Crippen molar-refractivity contribution in [3.8, 4) is 11.3 Å². The fraction of sp³-hybridized carbons (Fsp3) is 0.156. The van der Waals surface area contributed by atoms with Gasteiger partial charge in [-0.1, -0.05) is 96.6 Å². The molecule has 0 N–H and O–H groups in total. The van der Waals surface area contributed by atoms with Gasteiger partial charge in [-0.3, -0.25) is 4.79 Å². The van der Waals surface area contributed by atoms with Crippen LogP contribution >= 0.6 is 0 Å². The lowest BCUT2D eigenvalue weighted by Crippen LogP contribution is -2.31. The Balaban J connectivity index is 1.66. The lowest BCUT2D eigenvalue weighted by atomic mass is 9.92. The molecular formula is C32H28N2O. The van der Waals surface area contributed by atoms with E-state index in [0.717, 1.165) is 27.9 Å². The van der Waals surface area contributed by atoms with Gasteiger partial charge in [0.15, 0.2) is 0 Å². The van der Waals surface area contributed by atoms with Gasteiger partial charge in [0.25, 0.3) is 5.91 Å². The first-order chi connectivity index (χ1) is 17.1. The van der Waals surface area contributed by atoms with Crippen LogP contribution in [0.2, 0.25) is 0 Å². The summed E-state index contributed by atoms with van der Waals surface area (Å²) in [5.41, 5.74) is 8.91. The maximum atomic E-state index is 13.9. The highest BCUT2D eigenvalue weighted by Gasteiger charge is 2.43.